The lowest BCUT2D eigenvalue weighted by atomic mass is 9.79. The first-order chi connectivity index (χ1) is 18.6. The zero-order valence-corrected chi connectivity index (χ0v) is 25.2. The Morgan fingerprint density at radius 1 is 1.10 bits per heavy atom. The molecular formula is C33H46N2O3S. The Hall–Kier alpha value is -1.92. The second-order valence-corrected chi connectivity index (χ2v) is 15.5. The van der Waals surface area contributed by atoms with Crippen LogP contribution < -0.4 is 10.1 Å². The van der Waals surface area contributed by atoms with E-state index in [1.807, 2.05) is 0 Å². The Morgan fingerprint density at radius 3 is 2.54 bits per heavy atom. The Balaban J connectivity index is 1.40. The first kappa shape index (κ1) is 27.3. The minimum atomic E-state index is -0.724. The van der Waals surface area contributed by atoms with Gasteiger partial charge in [0.25, 0.3) is 5.91 Å². The largest absolute Gasteiger partial charge is 0.616 e. The molecule has 6 heteroatoms. The quantitative estimate of drug-likeness (QED) is 0.409. The number of nitrogens with zero attached hydrogens (tertiary/aromatic N) is 1. The van der Waals surface area contributed by atoms with Crippen LogP contribution in [-0.4, -0.2) is 39.7 Å². The molecule has 1 saturated heterocycles. The highest BCUT2D eigenvalue weighted by molar-refractivity contribution is 7.91. The van der Waals surface area contributed by atoms with Crippen molar-refractivity contribution in [3.8, 4) is 17.0 Å². The van der Waals surface area contributed by atoms with Crippen molar-refractivity contribution in [3.05, 3.63) is 40.6 Å². The number of carbonyl (C=O) groups excluding carboxylic acids is 1. The van der Waals surface area contributed by atoms with Gasteiger partial charge in [0.15, 0.2) is 0 Å². The fourth-order valence-electron chi connectivity index (χ4n) is 7.23. The van der Waals surface area contributed by atoms with Crippen molar-refractivity contribution in [1.82, 2.24) is 9.88 Å². The second-order valence-electron chi connectivity index (χ2n) is 13.8. The van der Waals surface area contributed by atoms with Gasteiger partial charge in [0.1, 0.15) is 17.3 Å². The topological polar surface area (TPSA) is 66.3 Å². The summed E-state index contributed by atoms with van der Waals surface area (Å²) < 4.78 is 20.7. The Bertz CT molecular complexity index is 1220. The molecule has 5 nitrogen and oxygen atoms in total. The number of benzene rings is 1. The summed E-state index contributed by atoms with van der Waals surface area (Å²) in [6.07, 6.45) is 11.0. The van der Waals surface area contributed by atoms with Crippen molar-refractivity contribution in [3.63, 3.8) is 0 Å². The lowest BCUT2D eigenvalue weighted by molar-refractivity contribution is 0.0947. The number of hydrogen-bond acceptors (Lipinski definition) is 3. The molecule has 1 amide bonds. The third-order valence-electron chi connectivity index (χ3n) is 9.95. The van der Waals surface area contributed by atoms with E-state index in [0.29, 0.717) is 24.1 Å². The van der Waals surface area contributed by atoms with E-state index >= 15 is 0 Å². The van der Waals surface area contributed by atoms with Crippen LogP contribution >= 0.6 is 0 Å². The smallest absolute Gasteiger partial charge is 0.253 e. The SMILES string of the molecule is Cc1c(C(=O)NCC2CC[S+]([O-])C2)cc(-c2cc(C(C)(C)C)c3c(c2)C2(CCO3)CC2)n1CC1CCCCC1. The van der Waals surface area contributed by atoms with E-state index in [4.69, 9.17) is 4.74 Å². The molecular weight excluding hydrogens is 504 g/mol. The molecule has 2 aromatic rings. The van der Waals surface area contributed by atoms with Crippen LogP contribution in [0.3, 0.4) is 0 Å². The van der Waals surface area contributed by atoms with Gasteiger partial charge in [0, 0.05) is 53.4 Å². The van der Waals surface area contributed by atoms with Gasteiger partial charge >= 0.3 is 0 Å². The number of ether oxygens (including phenoxy) is 1. The monoisotopic (exact) mass is 550 g/mol. The van der Waals surface area contributed by atoms with Crippen molar-refractivity contribution in [1.29, 1.82) is 0 Å². The summed E-state index contributed by atoms with van der Waals surface area (Å²) in [6, 6.07) is 6.90. The van der Waals surface area contributed by atoms with Crippen LogP contribution in [0.4, 0.5) is 0 Å². The molecule has 2 atom stereocenters. The van der Waals surface area contributed by atoms with Crippen molar-refractivity contribution in [2.24, 2.45) is 11.8 Å². The van der Waals surface area contributed by atoms with Gasteiger partial charge in [-0.25, -0.2) is 0 Å². The molecule has 0 bridgehead atoms. The van der Waals surface area contributed by atoms with Crippen molar-refractivity contribution < 1.29 is 14.1 Å². The molecule has 2 aliphatic carbocycles. The van der Waals surface area contributed by atoms with Crippen molar-refractivity contribution in [2.45, 2.75) is 103 Å². The number of rotatable bonds is 6. The molecule has 6 rings (SSSR count). The minimum Gasteiger partial charge on any atom is -0.616 e. The van der Waals surface area contributed by atoms with Crippen LogP contribution in [0.25, 0.3) is 11.3 Å². The fraction of sp³-hybridized carbons (Fsp3) is 0.667. The highest BCUT2D eigenvalue weighted by atomic mass is 32.2. The average molecular weight is 551 g/mol. The zero-order chi connectivity index (χ0) is 27.4. The number of nitrogens with one attached hydrogen (secondary N) is 1. The lowest BCUT2D eigenvalue weighted by Gasteiger charge is -2.33. The van der Waals surface area contributed by atoms with E-state index in [-0.39, 0.29) is 16.7 Å². The Kier molecular flexibility index (Phi) is 7.33. The molecule has 1 N–H and O–H groups in total. The number of amides is 1. The standard InChI is InChI=1S/C33H46N2O3S/c1-22-26(31(36)34-19-24-10-15-39(37)21-24)18-29(35(22)20-23-8-6-5-7-9-23)25-16-27(32(2,3)4)30-28(17-25)33(11-12-33)13-14-38-30/h16-18,23-24H,5-15,19-21H2,1-4H3,(H,34,36). The van der Waals surface area contributed by atoms with Gasteiger partial charge in [-0.15, -0.1) is 0 Å². The van der Waals surface area contributed by atoms with Gasteiger partial charge in [-0.05, 0) is 74.1 Å². The summed E-state index contributed by atoms with van der Waals surface area (Å²) in [7, 11) is 0. The van der Waals surface area contributed by atoms with Crippen LogP contribution in [-0.2, 0) is 28.6 Å². The minimum absolute atomic E-state index is 0.00447. The van der Waals surface area contributed by atoms with Crippen LogP contribution in [0.15, 0.2) is 18.2 Å². The van der Waals surface area contributed by atoms with E-state index in [1.54, 1.807) is 0 Å². The predicted molar refractivity (Wildman–Crippen MR) is 159 cm³/mol. The van der Waals surface area contributed by atoms with E-state index in [1.165, 1.54) is 67.3 Å². The summed E-state index contributed by atoms with van der Waals surface area (Å²) in [5.41, 5.74) is 7.15. The molecule has 1 aromatic heterocycles. The summed E-state index contributed by atoms with van der Waals surface area (Å²) in [5, 5.41) is 3.20. The second kappa shape index (κ2) is 10.5. The number of carbonyl (C=O) groups is 1. The van der Waals surface area contributed by atoms with Crippen molar-refractivity contribution in [2.75, 3.05) is 24.7 Å². The molecule has 1 aromatic carbocycles. The van der Waals surface area contributed by atoms with E-state index in [2.05, 4.69) is 55.8 Å². The molecule has 4 aliphatic rings. The van der Waals surface area contributed by atoms with Gasteiger partial charge < -0.3 is 19.2 Å². The third kappa shape index (κ3) is 5.40. The summed E-state index contributed by atoms with van der Waals surface area (Å²) >= 11 is -0.724. The maximum absolute atomic E-state index is 13.5. The maximum atomic E-state index is 13.5. The molecule has 2 unspecified atom stereocenters. The lowest BCUT2D eigenvalue weighted by Crippen LogP contribution is -2.30. The molecule has 2 saturated carbocycles. The van der Waals surface area contributed by atoms with Gasteiger partial charge in [-0.1, -0.05) is 51.2 Å². The average Bonchev–Trinajstić information content (AvgIpc) is 3.43. The number of hydrogen-bond donors (Lipinski definition) is 1. The van der Waals surface area contributed by atoms with Gasteiger partial charge in [-0.2, -0.15) is 0 Å². The predicted octanol–water partition coefficient (Wildman–Crippen LogP) is 6.65. The highest BCUT2D eigenvalue weighted by Gasteiger charge is 2.49. The first-order valence-corrected chi connectivity index (χ1v) is 16.8. The molecule has 39 heavy (non-hydrogen) atoms. The van der Waals surface area contributed by atoms with E-state index in [9.17, 15) is 9.35 Å². The summed E-state index contributed by atoms with van der Waals surface area (Å²) in [6.45, 7) is 11.4. The molecule has 212 valence electrons. The highest BCUT2D eigenvalue weighted by Crippen LogP contribution is 2.58. The first-order valence-electron chi connectivity index (χ1n) is 15.3. The molecule has 3 fully saturated rings. The van der Waals surface area contributed by atoms with Gasteiger partial charge in [0.2, 0.25) is 0 Å². The normalized spacial score (nSPS) is 24.4. The summed E-state index contributed by atoms with van der Waals surface area (Å²) in [4.78, 5) is 13.5. The fourth-order valence-corrected chi connectivity index (χ4v) is 8.81. The van der Waals surface area contributed by atoms with Crippen LogP contribution in [0.1, 0.15) is 106 Å². The van der Waals surface area contributed by atoms with Crippen LogP contribution in [0.5, 0.6) is 5.75 Å². The maximum Gasteiger partial charge on any atom is 0.253 e. The van der Waals surface area contributed by atoms with Gasteiger partial charge in [-0.3, -0.25) is 4.79 Å². The molecule has 0 radical (unpaired) electrons. The Morgan fingerprint density at radius 2 is 1.87 bits per heavy atom. The van der Waals surface area contributed by atoms with Crippen LogP contribution in [0, 0.1) is 18.8 Å². The molecule has 2 aliphatic heterocycles. The molecule has 3 heterocycles. The number of fused-ring (bicyclic) bond motifs is 2. The number of aromatic nitrogens is 1. The van der Waals surface area contributed by atoms with Crippen LogP contribution in [0.2, 0.25) is 0 Å². The van der Waals surface area contributed by atoms with E-state index < -0.39 is 11.2 Å². The van der Waals surface area contributed by atoms with E-state index in [0.717, 1.165) is 48.8 Å². The van der Waals surface area contributed by atoms with Gasteiger partial charge in [0.05, 0.1) is 12.2 Å². The van der Waals surface area contributed by atoms with Crippen molar-refractivity contribution >= 4 is 17.1 Å². The zero-order valence-electron chi connectivity index (χ0n) is 24.4. The Labute approximate surface area is 237 Å². The third-order valence-corrected chi connectivity index (χ3v) is 11.5. The molecule has 1 spiro atoms. The summed E-state index contributed by atoms with van der Waals surface area (Å²) in [5.74, 6) is 3.58.